The summed E-state index contributed by atoms with van der Waals surface area (Å²) in [5.41, 5.74) is -0.541. The molecule has 0 aliphatic heterocycles. The van der Waals surface area contributed by atoms with E-state index in [4.69, 9.17) is 0 Å². The first-order valence-corrected chi connectivity index (χ1v) is 4.81. The normalized spacial score (nSPS) is 9.88. The molecule has 0 aliphatic rings. The van der Waals surface area contributed by atoms with Crippen LogP contribution in [0.4, 0.5) is 8.78 Å². The van der Waals surface area contributed by atoms with E-state index in [1.807, 2.05) is 0 Å². The maximum absolute atomic E-state index is 13.4. The Bertz CT molecular complexity index is 457. The number of hydrogen-bond acceptors (Lipinski definition) is 4. The minimum absolute atomic E-state index is 0.0472. The molecule has 0 bridgehead atoms. The van der Waals surface area contributed by atoms with Crippen LogP contribution >= 0.6 is 0 Å². The molecule has 92 valence electrons. The molecule has 0 saturated heterocycles. The van der Waals surface area contributed by atoms with Gasteiger partial charge in [-0.25, -0.2) is 9.18 Å². The summed E-state index contributed by atoms with van der Waals surface area (Å²) >= 11 is 0. The van der Waals surface area contributed by atoms with Crippen molar-refractivity contribution in [2.45, 2.75) is 13.8 Å². The lowest BCUT2D eigenvalue weighted by Gasteiger charge is -2.07. The van der Waals surface area contributed by atoms with Crippen LogP contribution in [0.5, 0.6) is 5.75 Å². The van der Waals surface area contributed by atoms with Crippen LogP contribution in [0.2, 0.25) is 0 Å². The molecule has 0 fully saturated rings. The van der Waals surface area contributed by atoms with Gasteiger partial charge in [-0.1, -0.05) is 0 Å². The lowest BCUT2D eigenvalue weighted by Crippen LogP contribution is -2.10. The van der Waals surface area contributed by atoms with E-state index in [0.717, 1.165) is 19.1 Å². The molecule has 0 spiro atoms. The van der Waals surface area contributed by atoms with Gasteiger partial charge in [0.2, 0.25) is 5.82 Å². The fourth-order valence-corrected chi connectivity index (χ4v) is 1.13. The van der Waals surface area contributed by atoms with Gasteiger partial charge in [-0.15, -0.1) is 0 Å². The van der Waals surface area contributed by atoms with Gasteiger partial charge in [0.25, 0.3) is 0 Å². The lowest BCUT2D eigenvalue weighted by atomic mass is 10.2. The number of carbonyl (C=O) groups excluding carboxylic acids is 2. The summed E-state index contributed by atoms with van der Waals surface area (Å²) in [7, 11) is 0. The van der Waals surface area contributed by atoms with Gasteiger partial charge >= 0.3 is 11.9 Å². The minimum atomic E-state index is -1.40. The van der Waals surface area contributed by atoms with Gasteiger partial charge in [0, 0.05) is 6.92 Å². The summed E-state index contributed by atoms with van der Waals surface area (Å²) in [5, 5.41) is 0. The molecule has 1 aromatic carbocycles. The van der Waals surface area contributed by atoms with Crippen LogP contribution in [0, 0.1) is 11.6 Å². The van der Waals surface area contributed by atoms with Crippen molar-refractivity contribution in [2.75, 3.05) is 6.61 Å². The lowest BCUT2D eigenvalue weighted by molar-refractivity contribution is -0.132. The van der Waals surface area contributed by atoms with Gasteiger partial charge in [0.15, 0.2) is 11.6 Å². The van der Waals surface area contributed by atoms with Gasteiger partial charge in [-0.3, -0.25) is 4.79 Å². The van der Waals surface area contributed by atoms with Crippen molar-refractivity contribution in [1.29, 1.82) is 0 Å². The molecular weight excluding hydrogens is 234 g/mol. The van der Waals surface area contributed by atoms with Crippen molar-refractivity contribution in [3.05, 3.63) is 29.3 Å². The number of halogens is 2. The fourth-order valence-electron chi connectivity index (χ4n) is 1.13. The van der Waals surface area contributed by atoms with Crippen LogP contribution < -0.4 is 4.74 Å². The molecule has 0 heterocycles. The molecule has 6 heteroatoms. The molecule has 0 radical (unpaired) electrons. The zero-order valence-electron chi connectivity index (χ0n) is 9.25. The molecule has 0 aromatic heterocycles. The Kier molecular flexibility index (Phi) is 4.14. The summed E-state index contributed by atoms with van der Waals surface area (Å²) in [6.07, 6.45) is 0. The number of hydrogen-bond donors (Lipinski definition) is 0. The first-order chi connectivity index (χ1) is 7.97. The Morgan fingerprint density at radius 1 is 1.24 bits per heavy atom. The van der Waals surface area contributed by atoms with E-state index in [-0.39, 0.29) is 6.61 Å². The van der Waals surface area contributed by atoms with E-state index in [9.17, 15) is 18.4 Å². The molecule has 1 aromatic rings. The third kappa shape index (κ3) is 2.99. The standard InChI is InChI=1S/C11H10F2O4/c1-3-16-11(15)7-4-5-8(17-6(2)14)10(13)9(7)12/h4-5H,3H2,1-2H3. The van der Waals surface area contributed by atoms with Gasteiger partial charge in [0.05, 0.1) is 12.2 Å². The summed E-state index contributed by atoms with van der Waals surface area (Å²) in [6, 6.07) is 1.99. The average molecular weight is 244 g/mol. The third-order valence-corrected chi connectivity index (χ3v) is 1.80. The summed E-state index contributed by atoms with van der Waals surface area (Å²) in [4.78, 5) is 21.8. The van der Waals surface area contributed by atoms with Crippen LogP contribution in [-0.2, 0) is 9.53 Å². The number of esters is 2. The predicted molar refractivity (Wildman–Crippen MR) is 53.6 cm³/mol. The van der Waals surface area contributed by atoms with E-state index in [2.05, 4.69) is 9.47 Å². The Morgan fingerprint density at radius 2 is 1.88 bits per heavy atom. The summed E-state index contributed by atoms with van der Waals surface area (Å²) < 4.78 is 35.7. The number of ether oxygens (including phenoxy) is 2. The van der Waals surface area contributed by atoms with E-state index in [0.29, 0.717) is 0 Å². The minimum Gasteiger partial charge on any atom is -0.462 e. The van der Waals surface area contributed by atoms with Gasteiger partial charge in [-0.2, -0.15) is 4.39 Å². The quantitative estimate of drug-likeness (QED) is 0.603. The highest BCUT2D eigenvalue weighted by Crippen LogP contribution is 2.23. The first kappa shape index (κ1) is 13.1. The Labute approximate surface area is 96.1 Å². The summed E-state index contributed by atoms with van der Waals surface area (Å²) in [6.45, 7) is 2.64. The van der Waals surface area contributed by atoms with E-state index in [1.54, 1.807) is 6.92 Å². The molecule has 0 unspecified atom stereocenters. The molecule has 0 saturated carbocycles. The van der Waals surface area contributed by atoms with Crippen molar-refractivity contribution < 1.29 is 27.8 Å². The zero-order chi connectivity index (χ0) is 13.0. The van der Waals surface area contributed by atoms with Crippen molar-refractivity contribution in [3.8, 4) is 5.75 Å². The molecule has 4 nitrogen and oxygen atoms in total. The average Bonchev–Trinajstić information content (AvgIpc) is 2.24. The highest BCUT2D eigenvalue weighted by atomic mass is 19.2. The zero-order valence-corrected chi connectivity index (χ0v) is 9.25. The second kappa shape index (κ2) is 5.38. The second-order valence-corrected chi connectivity index (χ2v) is 3.05. The van der Waals surface area contributed by atoms with Gasteiger partial charge in [-0.05, 0) is 19.1 Å². The van der Waals surface area contributed by atoms with Gasteiger partial charge in [0.1, 0.15) is 0 Å². The van der Waals surface area contributed by atoms with Gasteiger partial charge < -0.3 is 9.47 Å². The third-order valence-electron chi connectivity index (χ3n) is 1.80. The molecule has 0 N–H and O–H groups in total. The number of rotatable bonds is 3. The van der Waals surface area contributed by atoms with Crippen molar-refractivity contribution in [3.63, 3.8) is 0 Å². The maximum Gasteiger partial charge on any atom is 0.341 e. The fraction of sp³-hybridized carbons (Fsp3) is 0.273. The SMILES string of the molecule is CCOC(=O)c1ccc(OC(C)=O)c(F)c1F. The van der Waals surface area contributed by atoms with E-state index in [1.165, 1.54) is 0 Å². The largest absolute Gasteiger partial charge is 0.462 e. The van der Waals surface area contributed by atoms with Crippen LogP contribution in [-0.4, -0.2) is 18.5 Å². The smallest absolute Gasteiger partial charge is 0.341 e. The Hall–Kier alpha value is -1.98. The summed E-state index contributed by atoms with van der Waals surface area (Å²) in [5.74, 6) is -5.12. The molecule has 17 heavy (non-hydrogen) atoms. The molecular formula is C11H10F2O4. The van der Waals surface area contributed by atoms with Crippen LogP contribution in [0.15, 0.2) is 12.1 Å². The second-order valence-electron chi connectivity index (χ2n) is 3.05. The molecule has 0 aliphatic carbocycles. The highest BCUT2D eigenvalue weighted by Gasteiger charge is 2.20. The van der Waals surface area contributed by atoms with Crippen molar-refractivity contribution in [2.24, 2.45) is 0 Å². The van der Waals surface area contributed by atoms with E-state index >= 15 is 0 Å². The predicted octanol–water partition coefficient (Wildman–Crippen LogP) is 2.07. The Morgan fingerprint density at radius 3 is 2.41 bits per heavy atom. The first-order valence-electron chi connectivity index (χ1n) is 4.81. The highest BCUT2D eigenvalue weighted by molar-refractivity contribution is 5.90. The van der Waals surface area contributed by atoms with Crippen molar-refractivity contribution >= 4 is 11.9 Å². The van der Waals surface area contributed by atoms with Crippen LogP contribution in [0.25, 0.3) is 0 Å². The maximum atomic E-state index is 13.4. The molecule has 0 atom stereocenters. The van der Waals surface area contributed by atoms with Crippen LogP contribution in [0.1, 0.15) is 24.2 Å². The molecule has 0 amide bonds. The number of benzene rings is 1. The Balaban J connectivity index is 3.10. The molecule has 1 rings (SSSR count). The van der Waals surface area contributed by atoms with E-state index < -0.39 is 34.9 Å². The van der Waals surface area contributed by atoms with Crippen LogP contribution in [0.3, 0.4) is 0 Å². The topological polar surface area (TPSA) is 52.6 Å². The number of carbonyl (C=O) groups is 2. The monoisotopic (exact) mass is 244 g/mol. The van der Waals surface area contributed by atoms with Crippen molar-refractivity contribution in [1.82, 2.24) is 0 Å².